The first-order valence-corrected chi connectivity index (χ1v) is 10.9. The molecule has 1 aromatic carbocycles. The summed E-state index contributed by atoms with van der Waals surface area (Å²) in [7, 11) is -2.90. The van der Waals surface area contributed by atoms with Gasteiger partial charge in [0.15, 0.2) is 14.2 Å². The number of para-hydroxylation sites is 1. The lowest BCUT2D eigenvalue weighted by Gasteiger charge is -2.03. The van der Waals surface area contributed by atoms with Crippen molar-refractivity contribution >= 4 is 43.9 Å². The van der Waals surface area contributed by atoms with Crippen molar-refractivity contribution in [1.82, 2.24) is 4.98 Å². The Balaban J connectivity index is 1.63. The van der Waals surface area contributed by atoms with Gasteiger partial charge in [0.2, 0.25) is 0 Å². The SMILES string of the molecule is O=c1oc2ccccc2cc1-c1csc(S[C@@H]2CCS(=O)(=O)C2)n1. The van der Waals surface area contributed by atoms with Gasteiger partial charge in [0, 0.05) is 16.0 Å². The fourth-order valence-corrected chi connectivity index (χ4v) is 7.25. The number of hydrogen-bond donors (Lipinski definition) is 0. The molecule has 1 atom stereocenters. The van der Waals surface area contributed by atoms with Crippen molar-refractivity contribution in [1.29, 1.82) is 0 Å². The molecule has 5 nitrogen and oxygen atoms in total. The topological polar surface area (TPSA) is 77.2 Å². The first-order valence-electron chi connectivity index (χ1n) is 7.36. The van der Waals surface area contributed by atoms with Crippen molar-refractivity contribution in [2.24, 2.45) is 0 Å². The summed E-state index contributed by atoms with van der Waals surface area (Å²) in [6, 6.07) is 9.12. The van der Waals surface area contributed by atoms with Crippen molar-refractivity contribution in [2.75, 3.05) is 11.5 Å². The lowest BCUT2D eigenvalue weighted by molar-refractivity contribution is 0.563. The van der Waals surface area contributed by atoms with Gasteiger partial charge in [-0.2, -0.15) is 0 Å². The Morgan fingerprint density at radius 1 is 1.29 bits per heavy atom. The maximum absolute atomic E-state index is 12.2. The Morgan fingerprint density at radius 2 is 2.12 bits per heavy atom. The minimum Gasteiger partial charge on any atom is -0.422 e. The average Bonchev–Trinajstić information content (AvgIpc) is 3.13. The monoisotopic (exact) mass is 379 g/mol. The number of sulfone groups is 1. The number of benzene rings is 1. The van der Waals surface area contributed by atoms with Crippen LogP contribution in [0.1, 0.15) is 6.42 Å². The average molecular weight is 379 g/mol. The predicted molar refractivity (Wildman–Crippen MR) is 96.5 cm³/mol. The van der Waals surface area contributed by atoms with Crippen molar-refractivity contribution in [3.05, 3.63) is 46.1 Å². The predicted octanol–water partition coefficient (Wildman–Crippen LogP) is 3.20. The molecule has 0 radical (unpaired) electrons. The highest BCUT2D eigenvalue weighted by atomic mass is 32.2. The number of nitrogens with zero attached hydrogens (tertiary/aromatic N) is 1. The summed E-state index contributed by atoms with van der Waals surface area (Å²) >= 11 is 2.90. The molecule has 8 heteroatoms. The van der Waals surface area contributed by atoms with Gasteiger partial charge in [0.05, 0.1) is 22.8 Å². The number of rotatable bonds is 3. The maximum atomic E-state index is 12.2. The molecule has 0 N–H and O–H groups in total. The van der Waals surface area contributed by atoms with Gasteiger partial charge < -0.3 is 4.42 Å². The fraction of sp³-hybridized carbons (Fsp3) is 0.250. The van der Waals surface area contributed by atoms with Gasteiger partial charge in [-0.3, -0.25) is 0 Å². The van der Waals surface area contributed by atoms with Gasteiger partial charge in [-0.15, -0.1) is 11.3 Å². The van der Waals surface area contributed by atoms with Crippen molar-refractivity contribution in [3.63, 3.8) is 0 Å². The minimum absolute atomic E-state index is 0.0435. The quantitative estimate of drug-likeness (QED) is 0.651. The van der Waals surface area contributed by atoms with Crippen LogP contribution in [0.25, 0.3) is 22.2 Å². The second-order valence-electron chi connectivity index (χ2n) is 5.63. The lowest BCUT2D eigenvalue weighted by Crippen LogP contribution is -2.06. The molecule has 1 saturated heterocycles. The van der Waals surface area contributed by atoms with E-state index in [0.29, 0.717) is 23.3 Å². The molecule has 1 aliphatic rings. The molecule has 3 aromatic rings. The number of fused-ring (bicyclic) bond motifs is 1. The minimum atomic E-state index is -2.90. The number of thiazole rings is 1. The van der Waals surface area contributed by atoms with Crippen LogP contribution < -0.4 is 5.63 Å². The summed E-state index contributed by atoms with van der Waals surface area (Å²) in [5.74, 6) is 0.446. The number of hydrogen-bond acceptors (Lipinski definition) is 7. The standard InChI is InChI=1S/C16H13NO4S3/c18-15-12(7-10-3-1-2-4-14(10)21-15)13-8-22-16(17-13)23-11-5-6-24(19,20)9-11/h1-4,7-8,11H,5-6,9H2/t11-/m1/s1. The Morgan fingerprint density at radius 3 is 2.92 bits per heavy atom. The second-order valence-corrected chi connectivity index (χ2v) is 10.3. The van der Waals surface area contributed by atoms with E-state index in [1.54, 1.807) is 12.1 Å². The Labute approximate surface area is 146 Å². The first kappa shape index (κ1) is 15.9. The van der Waals surface area contributed by atoms with Crippen LogP contribution in [0.15, 0.2) is 49.3 Å². The molecule has 0 bridgehead atoms. The largest absolute Gasteiger partial charge is 0.422 e. The van der Waals surface area contributed by atoms with E-state index in [4.69, 9.17) is 4.42 Å². The van der Waals surface area contributed by atoms with Crippen LogP contribution in [0.3, 0.4) is 0 Å². The first-order chi connectivity index (χ1) is 11.5. The Bertz CT molecular complexity index is 1070. The molecule has 3 heterocycles. The normalized spacial score (nSPS) is 19.8. The van der Waals surface area contributed by atoms with Crippen molar-refractivity contribution in [3.8, 4) is 11.3 Å². The van der Waals surface area contributed by atoms with Crippen LogP contribution in [-0.2, 0) is 9.84 Å². The van der Waals surface area contributed by atoms with E-state index < -0.39 is 15.5 Å². The second kappa shape index (κ2) is 6.02. The molecule has 124 valence electrons. The van der Waals surface area contributed by atoms with Crippen LogP contribution in [0.5, 0.6) is 0 Å². The molecule has 1 fully saturated rings. The summed E-state index contributed by atoms with van der Waals surface area (Å²) in [4.78, 5) is 16.7. The van der Waals surface area contributed by atoms with Gasteiger partial charge in [0.25, 0.3) is 0 Å². The van der Waals surface area contributed by atoms with Crippen molar-refractivity contribution < 1.29 is 12.8 Å². The summed E-state index contributed by atoms with van der Waals surface area (Å²) < 4.78 is 29.2. The van der Waals surface area contributed by atoms with Crippen LogP contribution >= 0.6 is 23.1 Å². The highest BCUT2D eigenvalue weighted by molar-refractivity contribution is 8.03. The third-order valence-corrected chi connectivity index (χ3v) is 8.08. The molecule has 0 saturated carbocycles. The third-order valence-electron chi connectivity index (χ3n) is 3.86. The van der Waals surface area contributed by atoms with E-state index in [0.717, 1.165) is 9.73 Å². The van der Waals surface area contributed by atoms with Crippen LogP contribution in [-0.4, -0.2) is 30.2 Å². The van der Waals surface area contributed by atoms with E-state index in [-0.39, 0.29) is 16.8 Å². The van der Waals surface area contributed by atoms with E-state index in [2.05, 4.69) is 4.98 Å². The third kappa shape index (κ3) is 3.13. The highest BCUT2D eigenvalue weighted by Crippen LogP contribution is 2.34. The van der Waals surface area contributed by atoms with Gasteiger partial charge in [-0.05, 0) is 18.6 Å². The fourth-order valence-electron chi connectivity index (χ4n) is 2.67. The molecule has 24 heavy (non-hydrogen) atoms. The highest BCUT2D eigenvalue weighted by Gasteiger charge is 2.29. The molecule has 4 rings (SSSR count). The summed E-state index contributed by atoms with van der Waals surface area (Å²) in [6.07, 6.45) is 0.653. The Kier molecular flexibility index (Phi) is 3.98. The molecule has 0 unspecified atom stereocenters. The zero-order chi connectivity index (χ0) is 16.7. The summed E-state index contributed by atoms with van der Waals surface area (Å²) in [5.41, 5.74) is 1.13. The van der Waals surface area contributed by atoms with Crippen LogP contribution in [0, 0.1) is 0 Å². The Hall–Kier alpha value is -1.64. The van der Waals surface area contributed by atoms with Crippen molar-refractivity contribution in [2.45, 2.75) is 16.0 Å². The molecule has 0 amide bonds. The van der Waals surface area contributed by atoms with E-state index >= 15 is 0 Å². The van der Waals surface area contributed by atoms with Gasteiger partial charge in [-0.25, -0.2) is 18.2 Å². The molecule has 1 aliphatic heterocycles. The summed E-state index contributed by atoms with van der Waals surface area (Å²) in [6.45, 7) is 0. The number of aromatic nitrogens is 1. The van der Waals surface area contributed by atoms with Gasteiger partial charge in [-0.1, -0.05) is 30.0 Å². The zero-order valence-electron chi connectivity index (χ0n) is 12.5. The number of thioether (sulfide) groups is 1. The maximum Gasteiger partial charge on any atom is 0.345 e. The molecule has 0 aliphatic carbocycles. The van der Waals surface area contributed by atoms with Crippen LogP contribution in [0.2, 0.25) is 0 Å². The van der Waals surface area contributed by atoms with E-state index in [9.17, 15) is 13.2 Å². The van der Waals surface area contributed by atoms with Gasteiger partial charge in [0.1, 0.15) is 5.58 Å². The molecule has 0 spiro atoms. The van der Waals surface area contributed by atoms with Crippen LogP contribution in [0.4, 0.5) is 0 Å². The molecular formula is C16H13NO4S3. The lowest BCUT2D eigenvalue weighted by atomic mass is 10.1. The smallest absolute Gasteiger partial charge is 0.345 e. The molecule has 2 aromatic heterocycles. The van der Waals surface area contributed by atoms with Gasteiger partial charge >= 0.3 is 5.63 Å². The van der Waals surface area contributed by atoms with E-state index in [1.807, 2.05) is 23.6 Å². The van der Waals surface area contributed by atoms with E-state index in [1.165, 1.54) is 23.1 Å². The zero-order valence-corrected chi connectivity index (χ0v) is 14.9. The summed E-state index contributed by atoms with van der Waals surface area (Å²) in [5, 5.41) is 2.70. The molecular weight excluding hydrogens is 366 g/mol.